The topological polar surface area (TPSA) is 63.7 Å². The maximum Gasteiger partial charge on any atom is 0.336 e. The van der Waals surface area contributed by atoms with Gasteiger partial charge in [0, 0.05) is 12.8 Å². The molecule has 1 atom stereocenters. The quantitative estimate of drug-likeness (QED) is 0.482. The third-order valence-corrected chi connectivity index (χ3v) is 3.58. The number of imide groups is 1. The van der Waals surface area contributed by atoms with Gasteiger partial charge in [-0.1, -0.05) is 46.0 Å². The SMILES string of the molecule is CCCCCC(CCCC)C(=O)ON1C(=O)CCC1=O. The summed E-state index contributed by atoms with van der Waals surface area (Å²) in [5, 5.41) is 0.654. The smallest absolute Gasteiger partial charge is 0.330 e. The van der Waals surface area contributed by atoms with Gasteiger partial charge in [0.1, 0.15) is 0 Å². The van der Waals surface area contributed by atoms with Gasteiger partial charge in [-0.25, -0.2) is 4.79 Å². The van der Waals surface area contributed by atoms with E-state index in [2.05, 4.69) is 13.8 Å². The molecule has 0 N–H and O–H groups in total. The maximum absolute atomic E-state index is 12.1. The molecule has 114 valence electrons. The van der Waals surface area contributed by atoms with Crippen LogP contribution in [0.1, 0.15) is 71.6 Å². The number of amides is 2. The average Bonchev–Trinajstić information content (AvgIpc) is 2.74. The zero-order valence-electron chi connectivity index (χ0n) is 12.5. The minimum atomic E-state index is -0.432. The molecule has 1 aliphatic rings. The highest BCUT2D eigenvalue weighted by Gasteiger charge is 2.34. The fourth-order valence-corrected chi connectivity index (χ4v) is 2.29. The van der Waals surface area contributed by atoms with Crippen LogP contribution in [-0.4, -0.2) is 22.8 Å². The van der Waals surface area contributed by atoms with E-state index < -0.39 is 17.8 Å². The van der Waals surface area contributed by atoms with Gasteiger partial charge in [0.05, 0.1) is 5.92 Å². The van der Waals surface area contributed by atoms with Crippen LogP contribution in [0.25, 0.3) is 0 Å². The fraction of sp³-hybridized carbons (Fsp3) is 0.800. The molecule has 0 bridgehead atoms. The molecule has 0 radical (unpaired) electrons. The molecule has 5 heteroatoms. The molecule has 1 fully saturated rings. The van der Waals surface area contributed by atoms with Crippen LogP contribution in [0.5, 0.6) is 0 Å². The van der Waals surface area contributed by atoms with E-state index in [1.807, 2.05) is 0 Å². The number of unbranched alkanes of at least 4 members (excludes halogenated alkanes) is 3. The predicted molar refractivity (Wildman–Crippen MR) is 74.3 cm³/mol. The summed E-state index contributed by atoms with van der Waals surface area (Å²) >= 11 is 0. The fourth-order valence-electron chi connectivity index (χ4n) is 2.29. The van der Waals surface area contributed by atoms with Gasteiger partial charge >= 0.3 is 5.97 Å². The van der Waals surface area contributed by atoms with Gasteiger partial charge in [-0.3, -0.25) is 9.59 Å². The summed E-state index contributed by atoms with van der Waals surface area (Å²) in [6.45, 7) is 4.18. The molecule has 20 heavy (non-hydrogen) atoms. The van der Waals surface area contributed by atoms with Gasteiger partial charge in [0.15, 0.2) is 0 Å². The zero-order valence-corrected chi connectivity index (χ0v) is 12.5. The van der Waals surface area contributed by atoms with Crippen molar-refractivity contribution in [2.24, 2.45) is 5.92 Å². The first-order valence-electron chi connectivity index (χ1n) is 7.67. The van der Waals surface area contributed by atoms with Gasteiger partial charge in [0.2, 0.25) is 0 Å². The Morgan fingerprint density at radius 1 is 1.05 bits per heavy atom. The molecule has 0 saturated carbocycles. The number of hydroxylamine groups is 2. The van der Waals surface area contributed by atoms with E-state index in [1.165, 1.54) is 0 Å². The molecule has 1 unspecified atom stereocenters. The summed E-state index contributed by atoms with van der Waals surface area (Å²) < 4.78 is 0. The molecule has 1 aliphatic heterocycles. The second-order valence-electron chi connectivity index (χ2n) is 5.33. The maximum atomic E-state index is 12.1. The van der Waals surface area contributed by atoms with E-state index in [0.29, 0.717) is 5.06 Å². The summed E-state index contributed by atoms with van der Waals surface area (Å²) in [6, 6.07) is 0. The highest BCUT2D eigenvalue weighted by atomic mass is 16.7. The van der Waals surface area contributed by atoms with Gasteiger partial charge in [-0.05, 0) is 12.8 Å². The second kappa shape index (κ2) is 8.72. The largest absolute Gasteiger partial charge is 0.336 e. The highest BCUT2D eigenvalue weighted by molar-refractivity contribution is 6.01. The van der Waals surface area contributed by atoms with Crippen molar-refractivity contribution >= 4 is 17.8 Å². The Labute approximate surface area is 120 Å². The van der Waals surface area contributed by atoms with Gasteiger partial charge in [-0.2, -0.15) is 0 Å². The van der Waals surface area contributed by atoms with Crippen LogP contribution in [0.4, 0.5) is 0 Å². The number of carbonyl (C=O) groups excluding carboxylic acids is 3. The van der Waals surface area contributed by atoms with E-state index in [0.717, 1.165) is 44.9 Å². The van der Waals surface area contributed by atoms with Crippen molar-refractivity contribution in [2.75, 3.05) is 0 Å². The van der Waals surface area contributed by atoms with Crippen molar-refractivity contribution in [2.45, 2.75) is 71.6 Å². The van der Waals surface area contributed by atoms with Crippen molar-refractivity contribution in [3.05, 3.63) is 0 Å². The van der Waals surface area contributed by atoms with Crippen molar-refractivity contribution in [1.82, 2.24) is 5.06 Å². The van der Waals surface area contributed by atoms with Crippen molar-refractivity contribution in [3.8, 4) is 0 Å². The Balaban J connectivity index is 2.52. The minimum Gasteiger partial charge on any atom is -0.330 e. The van der Waals surface area contributed by atoms with Crippen molar-refractivity contribution < 1.29 is 19.2 Å². The molecule has 1 heterocycles. The third-order valence-electron chi connectivity index (χ3n) is 3.58. The first-order valence-corrected chi connectivity index (χ1v) is 7.67. The van der Waals surface area contributed by atoms with E-state index in [9.17, 15) is 14.4 Å². The Hall–Kier alpha value is -1.39. The number of hydrogen-bond donors (Lipinski definition) is 0. The zero-order chi connectivity index (χ0) is 15.0. The monoisotopic (exact) mass is 283 g/mol. The number of rotatable bonds is 9. The summed E-state index contributed by atoms with van der Waals surface area (Å²) in [6.07, 6.45) is 6.92. The lowest BCUT2D eigenvalue weighted by Gasteiger charge is -2.18. The van der Waals surface area contributed by atoms with Crippen LogP contribution >= 0.6 is 0 Å². The number of nitrogens with zero attached hydrogens (tertiary/aromatic N) is 1. The van der Waals surface area contributed by atoms with Crippen LogP contribution in [0.3, 0.4) is 0 Å². The number of carbonyl (C=O) groups is 3. The highest BCUT2D eigenvalue weighted by Crippen LogP contribution is 2.21. The van der Waals surface area contributed by atoms with Crippen LogP contribution < -0.4 is 0 Å². The minimum absolute atomic E-state index is 0.140. The van der Waals surface area contributed by atoms with Crippen LogP contribution in [0.2, 0.25) is 0 Å². The summed E-state index contributed by atoms with van der Waals surface area (Å²) in [5.74, 6) is -1.46. The Morgan fingerprint density at radius 3 is 2.15 bits per heavy atom. The number of hydrogen-bond acceptors (Lipinski definition) is 4. The normalized spacial score (nSPS) is 16.6. The second-order valence-corrected chi connectivity index (χ2v) is 5.33. The van der Waals surface area contributed by atoms with E-state index in [1.54, 1.807) is 0 Å². The van der Waals surface area contributed by atoms with Crippen molar-refractivity contribution in [1.29, 1.82) is 0 Å². The Kier molecular flexibility index (Phi) is 7.26. The molecule has 0 aliphatic carbocycles. The lowest BCUT2D eigenvalue weighted by Crippen LogP contribution is -2.34. The lowest BCUT2D eigenvalue weighted by atomic mass is 9.96. The van der Waals surface area contributed by atoms with Crippen molar-refractivity contribution in [3.63, 3.8) is 0 Å². The molecule has 0 spiro atoms. The van der Waals surface area contributed by atoms with Gasteiger partial charge in [-0.15, -0.1) is 5.06 Å². The summed E-state index contributed by atoms with van der Waals surface area (Å²) in [4.78, 5) is 40.0. The first kappa shape index (κ1) is 16.7. The van der Waals surface area contributed by atoms with Gasteiger partial charge < -0.3 is 4.84 Å². The third kappa shape index (κ3) is 4.94. The van der Waals surface area contributed by atoms with Crippen LogP contribution in [0.15, 0.2) is 0 Å². The molecule has 1 saturated heterocycles. The lowest BCUT2D eigenvalue weighted by molar-refractivity contribution is -0.201. The van der Waals surface area contributed by atoms with Gasteiger partial charge in [0.25, 0.3) is 11.8 Å². The molecule has 0 aromatic rings. The molecule has 0 aromatic carbocycles. The first-order chi connectivity index (χ1) is 9.60. The molecular weight excluding hydrogens is 258 g/mol. The van der Waals surface area contributed by atoms with Crippen LogP contribution in [0, 0.1) is 5.92 Å². The predicted octanol–water partition coefficient (Wildman–Crippen LogP) is 2.98. The molecule has 1 rings (SSSR count). The molecule has 0 aromatic heterocycles. The molecular formula is C15H25NO4. The Morgan fingerprint density at radius 2 is 1.60 bits per heavy atom. The Bertz CT molecular complexity index is 338. The summed E-state index contributed by atoms with van der Waals surface area (Å²) in [5.41, 5.74) is 0. The molecule has 5 nitrogen and oxygen atoms in total. The standard InChI is InChI=1S/C15H25NO4/c1-3-5-7-9-12(8-6-4-2)15(19)20-16-13(17)10-11-14(16)18/h12H,3-11H2,1-2H3. The van der Waals surface area contributed by atoms with E-state index in [-0.39, 0.29) is 18.8 Å². The van der Waals surface area contributed by atoms with Crippen LogP contribution in [-0.2, 0) is 19.2 Å². The summed E-state index contributed by atoms with van der Waals surface area (Å²) in [7, 11) is 0. The molecule has 2 amide bonds. The van der Waals surface area contributed by atoms with E-state index in [4.69, 9.17) is 4.84 Å². The van der Waals surface area contributed by atoms with E-state index >= 15 is 0 Å². The average molecular weight is 283 g/mol.